The molecule has 1 aromatic rings. The normalized spacial score (nSPS) is 9.56. The molecular weight excluding hydrogens is 108 g/mol. The summed E-state index contributed by atoms with van der Waals surface area (Å²) in [7, 11) is 0. The minimum atomic E-state index is 0.840. The maximum absolute atomic E-state index is 5.48. The number of benzene rings is 1. The van der Waals surface area contributed by atoms with Gasteiger partial charge in [-0.15, -0.1) is 0 Å². The van der Waals surface area contributed by atoms with E-state index in [1.165, 1.54) is 5.56 Å². The third-order valence-corrected chi connectivity index (χ3v) is 1.39. The molecule has 0 heterocycles. The number of aryl methyl sites for hydroxylation is 1. The zero-order chi connectivity index (χ0) is 6.69. The van der Waals surface area contributed by atoms with Gasteiger partial charge in [0.25, 0.3) is 0 Å². The number of hydrogen-bond donors (Lipinski definition) is 0. The predicted molar refractivity (Wildman–Crippen MR) is 39.2 cm³/mol. The Morgan fingerprint density at radius 1 is 1.22 bits per heavy atom. The summed E-state index contributed by atoms with van der Waals surface area (Å²) in [6, 6.07) is 7.96. The SMILES string of the molecule is [CH]c1ccc(CC)cc1. The Balaban J connectivity index is 2.88. The van der Waals surface area contributed by atoms with E-state index in [9.17, 15) is 0 Å². The smallest absolute Gasteiger partial charge is 0.00120 e. The molecule has 46 valence electrons. The van der Waals surface area contributed by atoms with Crippen LogP contribution in [0.25, 0.3) is 0 Å². The minimum Gasteiger partial charge on any atom is -0.0613 e. The second kappa shape index (κ2) is 2.67. The van der Waals surface area contributed by atoms with Gasteiger partial charge in [-0.05, 0) is 24.5 Å². The van der Waals surface area contributed by atoms with Crippen LogP contribution in [0.15, 0.2) is 24.3 Å². The molecule has 0 N–H and O–H groups in total. The Morgan fingerprint density at radius 3 is 2.22 bits per heavy atom. The van der Waals surface area contributed by atoms with Gasteiger partial charge in [0.05, 0.1) is 0 Å². The van der Waals surface area contributed by atoms with E-state index in [2.05, 4.69) is 19.1 Å². The third kappa shape index (κ3) is 1.56. The molecule has 1 aromatic carbocycles. The molecule has 0 aromatic heterocycles. The summed E-state index contributed by atoms with van der Waals surface area (Å²) in [4.78, 5) is 0. The standard InChI is InChI=1S/C9H10/c1-3-9-6-4-8(2)5-7-9/h2,4-7H,3H2,1H3. The molecule has 0 saturated carbocycles. The minimum absolute atomic E-state index is 0.840. The average Bonchev–Trinajstić information content (AvgIpc) is 1.90. The molecule has 0 aliphatic rings. The summed E-state index contributed by atoms with van der Waals surface area (Å²) >= 11 is 0. The van der Waals surface area contributed by atoms with Gasteiger partial charge in [-0.1, -0.05) is 31.2 Å². The quantitative estimate of drug-likeness (QED) is 0.530. The van der Waals surface area contributed by atoms with E-state index in [0.29, 0.717) is 0 Å². The van der Waals surface area contributed by atoms with Crippen molar-refractivity contribution in [3.05, 3.63) is 42.3 Å². The molecule has 0 saturated heterocycles. The lowest BCUT2D eigenvalue weighted by atomic mass is 10.1. The highest BCUT2D eigenvalue weighted by atomic mass is 13.9. The fraction of sp³-hybridized carbons (Fsp3) is 0.222. The summed E-state index contributed by atoms with van der Waals surface area (Å²) in [5.74, 6) is 0. The lowest BCUT2D eigenvalue weighted by Crippen LogP contribution is -1.77. The van der Waals surface area contributed by atoms with Crippen molar-refractivity contribution in [1.29, 1.82) is 0 Å². The van der Waals surface area contributed by atoms with Crippen LogP contribution in [0, 0.1) is 6.92 Å². The van der Waals surface area contributed by atoms with E-state index >= 15 is 0 Å². The molecule has 0 spiro atoms. The number of hydrogen-bond acceptors (Lipinski definition) is 0. The Bertz CT molecular complexity index is 172. The highest BCUT2D eigenvalue weighted by Gasteiger charge is 1.85. The molecule has 0 bridgehead atoms. The summed E-state index contributed by atoms with van der Waals surface area (Å²) in [5.41, 5.74) is 2.18. The van der Waals surface area contributed by atoms with Crippen LogP contribution in [0.2, 0.25) is 0 Å². The molecule has 0 aliphatic heterocycles. The summed E-state index contributed by atoms with van der Waals surface area (Å²) in [5, 5.41) is 0. The van der Waals surface area contributed by atoms with Gasteiger partial charge >= 0.3 is 0 Å². The second-order valence-corrected chi connectivity index (χ2v) is 2.10. The average molecular weight is 118 g/mol. The van der Waals surface area contributed by atoms with Gasteiger partial charge in [0.1, 0.15) is 0 Å². The molecule has 0 unspecified atom stereocenters. The van der Waals surface area contributed by atoms with Crippen molar-refractivity contribution < 1.29 is 0 Å². The molecule has 1 rings (SSSR count). The fourth-order valence-electron chi connectivity index (χ4n) is 0.753. The first-order valence-corrected chi connectivity index (χ1v) is 3.17. The molecule has 0 heteroatoms. The van der Waals surface area contributed by atoms with E-state index in [-0.39, 0.29) is 0 Å². The van der Waals surface area contributed by atoms with Crippen LogP contribution < -0.4 is 0 Å². The first-order valence-electron chi connectivity index (χ1n) is 3.17. The monoisotopic (exact) mass is 118 g/mol. The maximum atomic E-state index is 5.48. The van der Waals surface area contributed by atoms with Crippen LogP contribution in [0.5, 0.6) is 0 Å². The van der Waals surface area contributed by atoms with Crippen LogP contribution in [0.3, 0.4) is 0 Å². The van der Waals surface area contributed by atoms with E-state index in [4.69, 9.17) is 6.92 Å². The summed E-state index contributed by atoms with van der Waals surface area (Å²) in [6.07, 6.45) is 1.08. The number of rotatable bonds is 1. The molecular formula is C9H10. The van der Waals surface area contributed by atoms with Gasteiger partial charge in [0.2, 0.25) is 0 Å². The highest BCUT2D eigenvalue weighted by molar-refractivity contribution is 5.23. The van der Waals surface area contributed by atoms with E-state index in [1.807, 2.05) is 12.1 Å². The van der Waals surface area contributed by atoms with Crippen molar-refractivity contribution in [3.8, 4) is 0 Å². The predicted octanol–water partition coefficient (Wildman–Crippen LogP) is 2.31. The van der Waals surface area contributed by atoms with E-state index in [0.717, 1.165) is 12.0 Å². The Kier molecular flexibility index (Phi) is 1.88. The zero-order valence-electron chi connectivity index (χ0n) is 5.59. The van der Waals surface area contributed by atoms with Crippen LogP contribution in [-0.4, -0.2) is 0 Å². The molecule has 0 fully saturated rings. The lowest BCUT2D eigenvalue weighted by Gasteiger charge is -1.94. The molecule has 0 amide bonds. The summed E-state index contributed by atoms with van der Waals surface area (Å²) in [6.45, 7) is 7.61. The topological polar surface area (TPSA) is 0 Å². The van der Waals surface area contributed by atoms with Gasteiger partial charge in [0.15, 0.2) is 0 Å². The van der Waals surface area contributed by atoms with Crippen molar-refractivity contribution in [3.63, 3.8) is 0 Å². The van der Waals surface area contributed by atoms with Gasteiger partial charge in [-0.25, -0.2) is 0 Å². The van der Waals surface area contributed by atoms with Crippen molar-refractivity contribution in [2.24, 2.45) is 0 Å². The molecule has 0 atom stereocenters. The first-order chi connectivity index (χ1) is 4.33. The Morgan fingerprint density at radius 2 is 1.78 bits per heavy atom. The largest absolute Gasteiger partial charge is 0.0613 e. The van der Waals surface area contributed by atoms with E-state index < -0.39 is 0 Å². The van der Waals surface area contributed by atoms with Crippen LogP contribution in [0.4, 0.5) is 0 Å². The van der Waals surface area contributed by atoms with Crippen molar-refractivity contribution >= 4 is 0 Å². The van der Waals surface area contributed by atoms with Crippen molar-refractivity contribution in [2.45, 2.75) is 13.3 Å². The fourth-order valence-corrected chi connectivity index (χ4v) is 0.753. The van der Waals surface area contributed by atoms with Crippen molar-refractivity contribution in [2.75, 3.05) is 0 Å². The Hall–Kier alpha value is -0.780. The molecule has 9 heavy (non-hydrogen) atoms. The molecule has 0 nitrogen and oxygen atoms in total. The first kappa shape index (κ1) is 6.34. The van der Waals surface area contributed by atoms with Crippen LogP contribution in [-0.2, 0) is 6.42 Å². The van der Waals surface area contributed by atoms with Gasteiger partial charge in [0, 0.05) is 0 Å². The van der Waals surface area contributed by atoms with Crippen LogP contribution in [0.1, 0.15) is 18.1 Å². The van der Waals surface area contributed by atoms with Crippen molar-refractivity contribution in [1.82, 2.24) is 0 Å². The van der Waals surface area contributed by atoms with Gasteiger partial charge in [-0.2, -0.15) is 0 Å². The van der Waals surface area contributed by atoms with Gasteiger partial charge < -0.3 is 0 Å². The molecule has 0 aliphatic carbocycles. The summed E-state index contributed by atoms with van der Waals surface area (Å²) < 4.78 is 0. The zero-order valence-corrected chi connectivity index (χ0v) is 5.59. The lowest BCUT2D eigenvalue weighted by molar-refractivity contribution is 1.14. The van der Waals surface area contributed by atoms with Crippen LogP contribution >= 0.6 is 0 Å². The highest BCUT2D eigenvalue weighted by Crippen LogP contribution is 2.02. The maximum Gasteiger partial charge on any atom is -0.00120 e. The third-order valence-electron chi connectivity index (χ3n) is 1.39. The van der Waals surface area contributed by atoms with E-state index in [1.54, 1.807) is 0 Å². The second-order valence-electron chi connectivity index (χ2n) is 2.10. The molecule has 2 radical (unpaired) electrons. The van der Waals surface area contributed by atoms with Gasteiger partial charge in [-0.3, -0.25) is 0 Å². The Labute approximate surface area is 56.5 Å².